The fourth-order valence-electron chi connectivity index (χ4n) is 2.36. The van der Waals surface area contributed by atoms with Crippen LogP contribution in [0.25, 0.3) is 0 Å². The Morgan fingerprint density at radius 2 is 1.69 bits per heavy atom. The molecule has 0 aromatic heterocycles. The number of ether oxygens (including phenoxy) is 3. The second kappa shape index (κ2) is 10.4. The summed E-state index contributed by atoms with van der Waals surface area (Å²) >= 11 is 0. The Labute approximate surface area is 154 Å². The van der Waals surface area contributed by atoms with E-state index in [0.717, 1.165) is 11.1 Å². The van der Waals surface area contributed by atoms with Crippen molar-refractivity contribution in [2.24, 2.45) is 5.92 Å². The van der Waals surface area contributed by atoms with Gasteiger partial charge in [0.1, 0.15) is 11.8 Å². The van der Waals surface area contributed by atoms with Crippen molar-refractivity contribution in [1.29, 1.82) is 0 Å². The van der Waals surface area contributed by atoms with Crippen LogP contribution in [0.15, 0.2) is 18.2 Å². The molecule has 0 aliphatic heterocycles. The molecule has 1 aromatic rings. The first-order valence-corrected chi connectivity index (χ1v) is 8.50. The molecule has 0 aliphatic rings. The van der Waals surface area contributed by atoms with Gasteiger partial charge in [0.05, 0.1) is 7.11 Å². The lowest BCUT2D eigenvalue weighted by atomic mass is 9.99. The maximum absolute atomic E-state index is 11.9. The molecule has 0 unspecified atom stereocenters. The van der Waals surface area contributed by atoms with Crippen molar-refractivity contribution in [1.82, 2.24) is 5.32 Å². The van der Waals surface area contributed by atoms with E-state index in [-0.39, 0.29) is 12.5 Å². The predicted molar refractivity (Wildman–Crippen MR) is 95.8 cm³/mol. The molecule has 1 aromatic carbocycles. The normalized spacial score (nSPS) is 12.7. The summed E-state index contributed by atoms with van der Waals surface area (Å²) in [5.41, 5.74) is 2.04. The van der Waals surface area contributed by atoms with Crippen LogP contribution in [-0.2, 0) is 23.9 Å². The zero-order valence-corrected chi connectivity index (χ0v) is 16.0. The minimum atomic E-state index is -0.775. The fourth-order valence-corrected chi connectivity index (χ4v) is 2.36. The van der Waals surface area contributed by atoms with Crippen LogP contribution in [-0.4, -0.2) is 44.2 Å². The predicted octanol–water partition coefficient (Wildman–Crippen LogP) is 1.93. The van der Waals surface area contributed by atoms with Crippen molar-refractivity contribution in [3.63, 3.8) is 0 Å². The SMILES string of the molecule is CC[C@@H](C)[C@H](NC(=O)COC(=O)COc1cc(C)cc(C)c1)C(=O)OC. The topological polar surface area (TPSA) is 90.9 Å². The van der Waals surface area contributed by atoms with Crippen molar-refractivity contribution in [2.75, 3.05) is 20.3 Å². The zero-order chi connectivity index (χ0) is 19.7. The van der Waals surface area contributed by atoms with Crippen molar-refractivity contribution in [2.45, 2.75) is 40.2 Å². The summed E-state index contributed by atoms with van der Waals surface area (Å²) in [6, 6.07) is 4.83. The van der Waals surface area contributed by atoms with Gasteiger partial charge in [-0.3, -0.25) is 4.79 Å². The van der Waals surface area contributed by atoms with Crippen LogP contribution >= 0.6 is 0 Å². The number of carbonyl (C=O) groups excluding carboxylic acids is 3. The molecule has 0 heterocycles. The summed E-state index contributed by atoms with van der Waals surface area (Å²) in [5.74, 6) is -1.31. The van der Waals surface area contributed by atoms with Crippen LogP contribution in [0.5, 0.6) is 5.75 Å². The number of esters is 2. The Hall–Kier alpha value is -2.57. The van der Waals surface area contributed by atoms with Gasteiger partial charge in [-0.1, -0.05) is 26.3 Å². The third kappa shape index (κ3) is 7.13. The Morgan fingerprint density at radius 3 is 2.23 bits per heavy atom. The van der Waals surface area contributed by atoms with Gasteiger partial charge >= 0.3 is 11.9 Å². The Bertz CT molecular complexity index is 623. The quantitative estimate of drug-likeness (QED) is 0.673. The maximum Gasteiger partial charge on any atom is 0.344 e. The van der Waals surface area contributed by atoms with Crippen LogP contribution in [0.2, 0.25) is 0 Å². The first kappa shape index (κ1) is 21.5. The van der Waals surface area contributed by atoms with Crippen LogP contribution in [0.4, 0.5) is 0 Å². The summed E-state index contributed by atoms with van der Waals surface area (Å²) in [4.78, 5) is 35.4. The number of carbonyl (C=O) groups is 3. The van der Waals surface area contributed by atoms with Gasteiger partial charge in [-0.15, -0.1) is 0 Å². The molecule has 0 spiro atoms. The highest BCUT2D eigenvalue weighted by Crippen LogP contribution is 2.16. The molecule has 0 aliphatic carbocycles. The summed E-state index contributed by atoms with van der Waals surface area (Å²) in [6.45, 7) is 6.79. The van der Waals surface area contributed by atoms with Crippen molar-refractivity contribution in [3.8, 4) is 5.75 Å². The van der Waals surface area contributed by atoms with E-state index in [1.807, 2.05) is 33.8 Å². The van der Waals surface area contributed by atoms with Crippen LogP contribution in [0.1, 0.15) is 31.4 Å². The molecule has 1 N–H and O–H groups in total. The molecule has 7 nitrogen and oxygen atoms in total. The van der Waals surface area contributed by atoms with Gasteiger partial charge in [0.25, 0.3) is 5.91 Å². The smallest absolute Gasteiger partial charge is 0.344 e. The second-order valence-electron chi connectivity index (χ2n) is 6.23. The average molecular weight is 365 g/mol. The van der Waals surface area contributed by atoms with E-state index >= 15 is 0 Å². The van der Waals surface area contributed by atoms with E-state index in [4.69, 9.17) is 9.47 Å². The fraction of sp³-hybridized carbons (Fsp3) is 0.526. The van der Waals surface area contributed by atoms with Gasteiger partial charge < -0.3 is 19.5 Å². The largest absolute Gasteiger partial charge is 0.482 e. The molecule has 26 heavy (non-hydrogen) atoms. The summed E-state index contributed by atoms with van der Waals surface area (Å²) < 4.78 is 14.9. The summed E-state index contributed by atoms with van der Waals surface area (Å²) in [7, 11) is 1.26. The van der Waals surface area contributed by atoms with E-state index in [9.17, 15) is 14.4 Å². The highest BCUT2D eigenvalue weighted by molar-refractivity contribution is 5.86. The number of hydrogen-bond donors (Lipinski definition) is 1. The van der Waals surface area contributed by atoms with Crippen molar-refractivity contribution in [3.05, 3.63) is 29.3 Å². The number of hydrogen-bond acceptors (Lipinski definition) is 6. The van der Waals surface area contributed by atoms with Gasteiger partial charge in [0.15, 0.2) is 13.2 Å². The number of benzene rings is 1. The van der Waals surface area contributed by atoms with Crippen LogP contribution < -0.4 is 10.1 Å². The Morgan fingerprint density at radius 1 is 1.08 bits per heavy atom. The van der Waals surface area contributed by atoms with Gasteiger partial charge in [-0.2, -0.15) is 0 Å². The molecule has 2 atom stereocenters. The highest BCUT2D eigenvalue weighted by Gasteiger charge is 2.26. The molecule has 0 saturated carbocycles. The lowest BCUT2D eigenvalue weighted by Crippen LogP contribution is -2.47. The number of nitrogens with one attached hydrogen (secondary N) is 1. The second-order valence-corrected chi connectivity index (χ2v) is 6.23. The van der Waals surface area contributed by atoms with E-state index in [0.29, 0.717) is 12.2 Å². The molecule has 0 fully saturated rings. The average Bonchev–Trinajstić information content (AvgIpc) is 2.60. The van der Waals surface area contributed by atoms with Gasteiger partial charge in [0.2, 0.25) is 0 Å². The minimum absolute atomic E-state index is 0.102. The molecule has 1 rings (SSSR count). The lowest BCUT2D eigenvalue weighted by molar-refractivity contribution is -0.152. The van der Waals surface area contributed by atoms with Crippen molar-refractivity contribution < 1.29 is 28.6 Å². The first-order chi connectivity index (χ1) is 12.3. The van der Waals surface area contributed by atoms with E-state index in [2.05, 4.69) is 10.1 Å². The molecular weight excluding hydrogens is 338 g/mol. The van der Waals surface area contributed by atoms with E-state index in [1.165, 1.54) is 7.11 Å². The third-order valence-corrected chi connectivity index (χ3v) is 3.90. The Balaban J connectivity index is 2.45. The number of methoxy groups -OCH3 is 1. The molecule has 144 valence electrons. The van der Waals surface area contributed by atoms with Crippen LogP contribution in [0.3, 0.4) is 0 Å². The highest BCUT2D eigenvalue weighted by atomic mass is 16.6. The molecule has 1 amide bonds. The summed E-state index contributed by atoms with van der Waals surface area (Å²) in [5, 5.41) is 2.53. The van der Waals surface area contributed by atoms with Crippen LogP contribution in [0, 0.1) is 19.8 Å². The molecule has 0 radical (unpaired) electrons. The molecular formula is C19H27NO6. The number of amides is 1. The number of rotatable bonds is 9. The van der Waals surface area contributed by atoms with Gasteiger partial charge in [-0.25, -0.2) is 9.59 Å². The monoisotopic (exact) mass is 365 g/mol. The van der Waals surface area contributed by atoms with E-state index < -0.39 is 30.5 Å². The maximum atomic E-state index is 11.9. The lowest BCUT2D eigenvalue weighted by Gasteiger charge is -2.21. The zero-order valence-electron chi connectivity index (χ0n) is 16.0. The molecule has 7 heteroatoms. The van der Waals surface area contributed by atoms with Gasteiger partial charge in [0, 0.05) is 0 Å². The summed E-state index contributed by atoms with van der Waals surface area (Å²) in [6.07, 6.45) is 0.684. The van der Waals surface area contributed by atoms with Crippen molar-refractivity contribution >= 4 is 17.8 Å². The third-order valence-electron chi connectivity index (χ3n) is 3.90. The van der Waals surface area contributed by atoms with E-state index in [1.54, 1.807) is 12.1 Å². The number of aryl methyl sites for hydroxylation is 2. The first-order valence-electron chi connectivity index (χ1n) is 8.50. The standard InChI is InChI=1S/C19H27NO6/c1-6-14(4)18(19(23)24-5)20-16(21)10-26-17(22)11-25-15-8-12(2)7-13(3)9-15/h7-9,14,18H,6,10-11H2,1-5H3,(H,20,21)/t14-,18+/m1/s1. The molecule has 0 saturated heterocycles. The molecule has 0 bridgehead atoms. The minimum Gasteiger partial charge on any atom is -0.482 e. The Kier molecular flexibility index (Phi) is 8.61. The van der Waals surface area contributed by atoms with Gasteiger partial charge in [-0.05, 0) is 43.0 Å².